The number of rotatable bonds is 5. The molecule has 1 amide bonds. The molecule has 0 atom stereocenters. The van der Waals surface area contributed by atoms with Gasteiger partial charge in [0.05, 0.1) is 7.11 Å². The summed E-state index contributed by atoms with van der Waals surface area (Å²) in [7, 11) is 1.60. The lowest BCUT2D eigenvalue weighted by molar-refractivity contribution is -0.113. The van der Waals surface area contributed by atoms with Crippen LogP contribution in [0.5, 0.6) is 5.75 Å². The molecule has 0 bridgehead atoms. The molecule has 19 heavy (non-hydrogen) atoms. The molecule has 0 aliphatic heterocycles. The molecule has 3 nitrogen and oxygen atoms in total. The molecule has 0 unspecified atom stereocenters. The largest absolute Gasteiger partial charge is 0.496 e. The summed E-state index contributed by atoms with van der Waals surface area (Å²) < 4.78 is 5.35. The monoisotopic (exact) mass is 281 g/mol. The summed E-state index contributed by atoms with van der Waals surface area (Å²) in [5.41, 5.74) is 3.66. The number of anilines is 1. The second-order valence-corrected chi connectivity index (χ2v) is 5.02. The Morgan fingerprint density at radius 2 is 2.11 bits per heavy atom. The molecule has 0 radical (unpaired) electrons. The third-order valence-electron chi connectivity index (χ3n) is 2.85. The second kappa shape index (κ2) is 6.62. The van der Waals surface area contributed by atoms with Gasteiger partial charge in [0.25, 0.3) is 0 Å². The zero-order valence-electron chi connectivity index (χ0n) is 11.8. The number of benzene rings is 1. The fraction of sp³-hybridized carbons (Fsp3) is 0.400. The zero-order chi connectivity index (χ0) is 14.6. The van der Waals surface area contributed by atoms with E-state index in [4.69, 9.17) is 16.3 Å². The van der Waals surface area contributed by atoms with Crippen molar-refractivity contribution in [3.63, 3.8) is 0 Å². The van der Waals surface area contributed by atoms with Crippen LogP contribution in [-0.2, 0) is 4.79 Å². The first kappa shape index (κ1) is 15.6. The molecule has 0 heterocycles. The minimum absolute atomic E-state index is 0.0674. The number of carbonyl (C=O) groups excluding carboxylic acids is 1. The Labute approximate surface area is 119 Å². The summed E-state index contributed by atoms with van der Waals surface area (Å²) in [6, 6.07) is 3.83. The number of amides is 1. The van der Waals surface area contributed by atoms with Crippen molar-refractivity contribution in [3.05, 3.63) is 29.8 Å². The van der Waals surface area contributed by atoms with Crippen LogP contribution in [0.25, 0.3) is 5.57 Å². The summed E-state index contributed by atoms with van der Waals surface area (Å²) in [5, 5.41) is 2.80. The van der Waals surface area contributed by atoms with E-state index in [2.05, 4.69) is 25.7 Å². The summed E-state index contributed by atoms with van der Waals surface area (Å²) in [6.45, 7) is 10.0. The molecule has 0 saturated carbocycles. The Bertz CT molecular complexity index is 495. The fourth-order valence-electron chi connectivity index (χ4n) is 1.87. The number of carbonyl (C=O) groups is 1. The van der Waals surface area contributed by atoms with Gasteiger partial charge in [-0.25, -0.2) is 0 Å². The standard InChI is InChI=1S/C15H20ClNO2/c1-9(2)11-6-12(10(3)4)14(19-5)7-13(11)17-15(18)8-16/h6-7,9H,3,8H2,1-2,4-5H3,(H,17,18). The maximum atomic E-state index is 11.5. The number of ether oxygens (including phenoxy) is 1. The van der Waals surface area contributed by atoms with E-state index in [-0.39, 0.29) is 17.7 Å². The van der Waals surface area contributed by atoms with Crippen LogP contribution in [0.4, 0.5) is 5.69 Å². The van der Waals surface area contributed by atoms with Crippen molar-refractivity contribution >= 4 is 28.8 Å². The van der Waals surface area contributed by atoms with Gasteiger partial charge < -0.3 is 10.1 Å². The average molecular weight is 282 g/mol. The number of alkyl halides is 1. The van der Waals surface area contributed by atoms with Crippen LogP contribution in [0, 0.1) is 0 Å². The van der Waals surface area contributed by atoms with Gasteiger partial charge in [-0.05, 0) is 30.0 Å². The van der Waals surface area contributed by atoms with E-state index >= 15 is 0 Å². The van der Waals surface area contributed by atoms with Crippen molar-refractivity contribution in [3.8, 4) is 5.75 Å². The molecule has 1 rings (SSSR count). The van der Waals surface area contributed by atoms with Crippen LogP contribution in [0.3, 0.4) is 0 Å². The third-order valence-corrected chi connectivity index (χ3v) is 3.09. The van der Waals surface area contributed by atoms with Crippen molar-refractivity contribution in [2.75, 3.05) is 18.3 Å². The molecule has 0 fully saturated rings. The van der Waals surface area contributed by atoms with Gasteiger partial charge in [-0.2, -0.15) is 0 Å². The predicted octanol–water partition coefficient (Wildman–Crippen LogP) is 4.03. The Morgan fingerprint density at radius 3 is 2.53 bits per heavy atom. The molecule has 0 aliphatic rings. The van der Waals surface area contributed by atoms with Gasteiger partial charge in [0, 0.05) is 17.3 Å². The van der Waals surface area contributed by atoms with Crippen LogP contribution in [0.15, 0.2) is 18.7 Å². The Hall–Kier alpha value is -1.48. The quantitative estimate of drug-likeness (QED) is 0.828. The highest BCUT2D eigenvalue weighted by atomic mass is 35.5. The second-order valence-electron chi connectivity index (χ2n) is 4.76. The van der Waals surface area contributed by atoms with Crippen LogP contribution in [0.1, 0.15) is 37.8 Å². The smallest absolute Gasteiger partial charge is 0.239 e. The van der Waals surface area contributed by atoms with E-state index in [9.17, 15) is 4.79 Å². The van der Waals surface area contributed by atoms with Crippen LogP contribution in [0.2, 0.25) is 0 Å². The summed E-state index contributed by atoms with van der Waals surface area (Å²) >= 11 is 5.53. The van der Waals surface area contributed by atoms with Gasteiger partial charge in [0.2, 0.25) is 5.91 Å². The molecule has 0 spiro atoms. The minimum atomic E-state index is -0.228. The number of methoxy groups -OCH3 is 1. The van der Waals surface area contributed by atoms with E-state index in [1.54, 1.807) is 7.11 Å². The summed E-state index contributed by atoms with van der Waals surface area (Å²) in [4.78, 5) is 11.5. The number of allylic oxidation sites excluding steroid dienone is 1. The lowest BCUT2D eigenvalue weighted by atomic mass is 9.95. The molecule has 0 saturated heterocycles. The minimum Gasteiger partial charge on any atom is -0.496 e. The number of hydrogen-bond acceptors (Lipinski definition) is 2. The van der Waals surface area contributed by atoms with Gasteiger partial charge in [-0.1, -0.05) is 20.4 Å². The molecule has 1 aromatic rings. The molecule has 104 valence electrons. The van der Waals surface area contributed by atoms with E-state index in [0.29, 0.717) is 5.75 Å². The molecule has 1 N–H and O–H groups in total. The molecular formula is C15H20ClNO2. The van der Waals surface area contributed by atoms with Gasteiger partial charge in [-0.15, -0.1) is 11.6 Å². The van der Waals surface area contributed by atoms with Crippen molar-refractivity contribution in [1.82, 2.24) is 0 Å². The molecular weight excluding hydrogens is 262 g/mol. The lowest BCUT2D eigenvalue weighted by Crippen LogP contribution is -2.15. The van der Waals surface area contributed by atoms with Crippen LogP contribution < -0.4 is 10.1 Å². The Morgan fingerprint density at radius 1 is 1.47 bits per heavy atom. The maximum absolute atomic E-state index is 11.5. The SMILES string of the molecule is C=C(C)c1cc(C(C)C)c(NC(=O)CCl)cc1OC. The average Bonchev–Trinajstić information content (AvgIpc) is 2.37. The van der Waals surface area contributed by atoms with Gasteiger partial charge in [-0.3, -0.25) is 4.79 Å². The van der Waals surface area contributed by atoms with Crippen molar-refractivity contribution in [2.24, 2.45) is 0 Å². The first-order chi connectivity index (χ1) is 8.90. The molecule has 4 heteroatoms. The number of nitrogens with one attached hydrogen (secondary N) is 1. The van der Waals surface area contributed by atoms with Crippen molar-refractivity contribution < 1.29 is 9.53 Å². The van der Waals surface area contributed by atoms with Gasteiger partial charge in [0.1, 0.15) is 11.6 Å². The maximum Gasteiger partial charge on any atom is 0.239 e. The topological polar surface area (TPSA) is 38.3 Å². The molecule has 0 aliphatic carbocycles. The van der Waals surface area contributed by atoms with Crippen molar-refractivity contribution in [1.29, 1.82) is 0 Å². The summed E-state index contributed by atoms with van der Waals surface area (Å²) in [5.74, 6) is 0.673. The first-order valence-corrected chi connectivity index (χ1v) is 6.67. The zero-order valence-corrected chi connectivity index (χ0v) is 12.6. The van der Waals surface area contributed by atoms with E-state index in [1.165, 1.54) is 0 Å². The van der Waals surface area contributed by atoms with E-state index in [0.717, 1.165) is 22.4 Å². The Kier molecular flexibility index (Phi) is 5.43. The first-order valence-electron chi connectivity index (χ1n) is 6.14. The lowest BCUT2D eigenvalue weighted by Gasteiger charge is -2.18. The van der Waals surface area contributed by atoms with Gasteiger partial charge >= 0.3 is 0 Å². The number of hydrogen-bond donors (Lipinski definition) is 1. The van der Waals surface area contributed by atoms with E-state index < -0.39 is 0 Å². The predicted molar refractivity (Wildman–Crippen MR) is 81.1 cm³/mol. The molecule has 1 aromatic carbocycles. The van der Waals surface area contributed by atoms with Crippen LogP contribution in [-0.4, -0.2) is 18.9 Å². The third kappa shape index (κ3) is 3.74. The fourth-order valence-corrected chi connectivity index (χ4v) is 1.94. The van der Waals surface area contributed by atoms with Crippen LogP contribution >= 0.6 is 11.6 Å². The highest BCUT2D eigenvalue weighted by Gasteiger charge is 2.15. The molecule has 0 aromatic heterocycles. The Balaban J connectivity index is 3.36. The number of halogens is 1. The normalized spacial score (nSPS) is 10.4. The highest BCUT2D eigenvalue weighted by molar-refractivity contribution is 6.29. The highest BCUT2D eigenvalue weighted by Crippen LogP contribution is 2.35. The summed E-state index contributed by atoms with van der Waals surface area (Å²) in [6.07, 6.45) is 0. The van der Waals surface area contributed by atoms with E-state index in [1.807, 2.05) is 19.1 Å². The van der Waals surface area contributed by atoms with Gasteiger partial charge in [0.15, 0.2) is 0 Å². The van der Waals surface area contributed by atoms with Crippen molar-refractivity contribution in [2.45, 2.75) is 26.7 Å².